The van der Waals surface area contributed by atoms with Crippen LogP contribution in [0.25, 0.3) is 0 Å². The molecule has 34 heavy (non-hydrogen) atoms. The van der Waals surface area contributed by atoms with Crippen molar-refractivity contribution in [3.63, 3.8) is 0 Å². The highest BCUT2D eigenvalue weighted by atomic mass is 16.6. The second-order valence-electron chi connectivity index (χ2n) is 10.3. The smallest absolute Gasteiger partial charge is 0.331 e. The van der Waals surface area contributed by atoms with Crippen molar-refractivity contribution in [3.05, 3.63) is 71.3 Å². The van der Waals surface area contributed by atoms with Gasteiger partial charge >= 0.3 is 5.97 Å². The molecule has 0 aromatic heterocycles. The van der Waals surface area contributed by atoms with Crippen LogP contribution < -0.4 is 5.32 Å². The van der Waals surface area contributed by atoms with Crippen LogP contribution in [0.5, 0.6) is 0 Å². The SMILES string of the molecule is CC1=C(C)C2C(Cc3ccccc3)NC(=O)C23OC(=O)C=CCCCCC(C)CC=CC3C1O. The lowest BCUT2D eigenvalue weighted by molar-refractivity contribution is -0.175. The Balaban J connectivity index is 1.79. The zero-order valence-electron chi connectivity index (χ0n) is 20.5. The molecule has 1 aromatic carbocycles. The van der Waals surface area contributed by atoms with E-state index >= 15 is 0 Å². The van der Waals surface area contributed by atoms with Gasteiger partial charge in [-0.25, -0.2) is 4.79 Å². The van der Waals surface area contributed by atoms with E-state index in [9.17, 15) is 14.7 Å². The number of carbonyl (C=O) groups is 2. The van der Waals surface area contributed by atoms with E-state index in [1.807, 2.05) is 56.3 Å². The van der Waals surface area contributed by atoms with Crippen molar-refractivity contribution >= 4 is 11.9 Å². The van der Waals surface area contributed by atoms with Crippen molar-refractivity contribution in [3.8, 4) is 0 Å². The first-order valence-electron chi connectivity index (χ1n) is 12.6. The molecule has 2 heterocycles. The van der Waals surface area contributed by atoms with Gasteiger partial charge in [-0.3, -0.25) is 4.79 Å². The summed E-state index contributed by atoms with van der Waals surface area (Å²) >= 11 is 0. The lowest BCUT2D eigenvalue weighted by Gasteiger charge is -2.45. The van der Waals surface area contributed by atoms with Gasteiger partial charge in [0.2, 0.25) is 5.60 Å². The lowest BCUT2D eigenvalue weighted by Crippen LogP contribution is -2.59. The van der Waals surface area contributed by atoms with Crippen LogP contribution in [0.2, 0.25) is 0 Å². The summed E-state index contributed by atoms with van der Waals surface area (Å²) in [6, 6.07) is 9.79. The predicted molar refractivity (Wildman–Crippen MR) is 133 cm³/mol. The predicted octanol–water partition coefficient (Wildman–Crippen LogP) is 4.67. The second-order valence-corrected chi connectivity index (χ2v) is 10.3. The largest absolute Gasteiger partial charge is 0.444 e. The standard InChI is InChI=1S/C29H37NO4/c1-19-12-7-4-5-10-17-25(31)34-29-23(16-11-13-19)27(32)21(3)20(2)26(29)24(30-28(29)33)18-22-14-8-6-9-15-22/h6,8-11,14-17,19,23-24,26-27,32H,4-5,7,12-13,18H2,1-3H3,(H,30,33). The zero-order chi connectivity index (χ0) is 24.3. The molecule has 1 spiro atoms. The molecular formula is C29H37NO4. The summed E-state index contributed by atoms with van der Waals surface area (Å²) in [7, 11) is 0. The van der Waals surface area contributed by atoms with Crippen LogP contribution in [0, 0.1) is 17.8 Å². The molecule has 0 bridgehead atoms. The van der Waals surface area contributed by atoms with Crippen LogP contribution in [-0.2, 0) is 20.7 Å². The molecule has 1 fully saturated rings. The molecule has 1 aliphatic carbocycles. The minimum Gasteiger partial charge on any atom is -0.444 e. The van der Waals surface area contributed by atoms with Gasteiger partial charge in [0, 0.05) is 12.1 Å². The fraction of sp³-hybridized carbons (Fsp3) is 0.517. The van der Waals surface area contributed by atoms with Crippen LogP contribution in [0.4, 0.5) is 0 Å². The lowest BCUT2D eigenvalue weighted by atomic mass is 9.63. The first-order chi connectivity index (χ1) is 16.3. The van der Waals surface area contributed by atoms with Gasteiger partial charge in [0.15, 0.2) is 0 Å². The van der Waals surface area contributed by atoms with E-state index < -0.39 is 23.6 Å². The topological polar surface area (TPSA) is 75.6 Å². The zero-order valence-corrected chi connectivity index (χ0v) is 20.5. The highest BCUT2D eigenvalue weighted by Crippen LogP contribution is 2.50. The Bertz CT molecular complexity index is 995. The van der Waals surface area contributed by atoms with Gasteiger partial charge in [-0.15, -0.1) is 0 Å². The Morgan fingerprint density at radius 3 is 2.62 bits per heavy atom. The molecule has 5 heteroatoms. The van der Waals surface area contributed by atoms with Gasteiger partial charge in [-0.2, -0.15) is 0 Å². The molecule has 182 valence electrons. The van der Waals surface area contributed by atoms with Gasteiger partial charge < -0.3 is 15.2 Å². The molecule has 6 unspecified atom stereocenters. The maximum Gasteiger partial charge on any atom is 0.331 e. The number of ether oxygens (including phenoxy) is 1. The highest BCUT2D eigenvalue weighted by molar-refractivity contribution is 5.94. The molecular weight excluding hydrogens is 426 g/mol. The van der Waals surface area contributed by atoms with E-state index in [2.05, 4.69) is 18.3 Å². The third-order valence-corrected chi connectivity index (χ3v) is 7.92. The first kappa shape index (κ1) is 24.5. The summed E-state index contributed by atoms with van der Waals surface area (Å²) in [6.07, 6.45) is 11.9. The molecule has 1 amide bonds. The van der Waals surface area contributed by atoms with E-state index in [-0.39, 0.29) is 17.9 Å². The fourth-order valence-electron chi connectivity index (χ4n) is 5.94. The monoisotopic (exact) mass is 463 g/mol. The number of allylic oxidation sites excluding steroid dienone is 2. The number of aliphatic hydroxyl groups excluding tert-OH is 1. The maximum atomic E-state index is 13.7. The molecule has 1 saturated heterocycles. The van der Waals surface area contributed by atoms with E-state index in [4.69, 9.17) is 4.74 Å². The van der Waals surface area contributed by atoms with Crippen molar-refractivity contribution in [2.24, 2.45) is 17.8 Å². The minimum atomic E-state index is -1.48. The molecule has 5 nitrogen and oxygen atoms in total. The van der Waals surface area contributed by atoms with Crippen molar-refractivity contribution < 1.29 is 19.4 Å². The average Bonchev–Trinajstić information content (AvgIpc) is 3.08. The van der Waals surface area contributed by atoms with Crippen LogP contribution in [0.1, 0.15) is 58.4 Å². The van der Waals surface area contributed by atoms with Crippen LogP contribution >= 0.6 is 0 Å². The van der Waals surface area contributed by atoms with Crippen molar-refractivity contribution in [2.75, 3.05) is 0 Å². The van der Waals surface area contributed by atoms with Crippen LogP contribution in [-0.4, -0.2) is 34.7 Å². The fourth-order valence-corrected chi connectivity index (χ4v) is 5.94. The number of amides is 1. The van der Waals surface area contributed by atoms with Crippen molar-refractivity contribution in [2.45, 2.75) is 77.0 Å². The van der Waals surface area contributed by atoms with E-state index in [0.717, 1.165) is 48.8 Å². The summed E-state index contributed by atoms with van der Waals surface area (Å²) < 4.78 is 6.12. The molecule has 0 radical (unpaired) electrons. The highest BCUT2D eigenvalue weighted by Gasteiger charge is 2.66. The average molecular weight is 464 g/mol. The number of hydrogen-bond acceptors (Lipinski definition) is 4. The molecule has 1 aromatic rings. The number of esters is 1. The quantitative estimate of drug-likeness (QED) is 0.494. The van der Waals surface area contributed by atoms with Crippen molar-refractivity contribution in [1.82, 2.24) is 5.32 Å². The van der Waals surface area contributed by atoms with E-state index in [0.29, 0.717) is 12.3 Å². The number of benzene rings is 1. The number of aliphatic hydroxyl groups is 1. The van der Waals surface area contributed by atoms with Gasteiger partial charge in [0.05, 0.1) is 17.9 Å². The molecule has 4 rings (SSSR count). The molecule has 3 aliphatic rings. The third-order valence-electron chi connectivity index (χ3n) is 7.92. The number of hydrogen-bond donors (Lipinski definition) is 2. The summed E-state index contributed by atoms with van der Waals surface area (Å²) in [5, 5.41) is 14.5. The van der Waals surface area contributed by atoms with Gasteiger partial charge in [-0.1, -0.05) is 73.9 Å². The second kappa shape index (κ2) is 10.3. The maximum absolute atomic E-state index is 13.7. The van der Waals surface area contributed by atoms with Crippen molar-refractivity contribution in [1.29, 1.82) is 0 Å². The van der Waals surface area contributed by atoms with Gasteiger partial charge in [-0.05, 0) is 56.6 Å². The minimum absolute atomic E-state index is 0.233. The van der Waals surface area contributed by atoms with Crippen LogP contribution in [0.15, 0.2) is 65.8 Å². The molecule has 2 N–H and O–H groups in total. The summed E-state index contributed by atoms with van der Waals surface area (Å²) in [4.78, 5) is 26.7. The molecule has 6 atom stereocenters. The van der Waals surface area contributed by atoms with Gasteiger partial charge in [0.25, 0.3) is 5.91 Å². The Kier molecular flexibility index (Phi) is 7.42. The molecule has 0 saturated carbocycles. The number of carbonyl (C=O) groups excluding carboxylic acids is 2. The summed E-state index contributed by atoms with van der Waals surface area (Å²) in [5.41, 5.74) is 1.40. The van der Waals surface area contributed by atoms with E-state index in [1.165, 1.54) is 6.08 Å². The third kappa shape index (κ3) is 4.63. The normalized spacial score (nSPS) is 34.6. The Morgan fingerprint density at radius 2 is 1.85 bits per heavy atom. The van der Waals surface area contributed by atoms with E-state index in [1.54, 1.807) is 0 Å². The summed E-state index contributed by atoms with van der Waals surface area (Å²) in [6.45, 7) is 6.12. The Hall–Kier alpha value is -2.66. The number of rotatable bonds is 2. The first-order valence-corrected chi connectivity index (χ1v) is 12.6. The number of nitrogens with one attached hydrogen (secondary N) is 1. The van der Waals surface area contributed by atoms with Gasteiger partial charge in [0.1, 0.15) is 0 Å². The summed E-state index contributed by atoms with van der Waals surface area (Å²) in [5.74, 6) is -1.33. The van der Waals surface area contributed by atoms with Crippen LogP contribution in [0.3, 0.4) is 0 Å². The Morgan fingerprint density at radius 1 is 1.09 bits per heavy atom. The Labute approximate surface area is 203 Å². The molecule has 2 aliphatic heterocycles.